The van der Waals surface area contributed by atoms with Crippen molar-refractivity contribution in [2.75, 3.05) is 13.2 Å². The maximum absolute atomic E-state index is 12.5. The van der Waals surface area contributed by atoms with Crippen LogP contribution in [-0.2, 0) is 28.6 Å². The summed E-state index contributed by atoms with van der Waals surface area (Å²) in [6.07, 6.45) is 42.7. The Labute approximate surface area is 323 Å². The Kier molecular flexibility index (Phi) is 40.9. The Balaban J connectivity index is 4.05. The van der Waals surface area contributed by atoms with Crippen LogP contribution in [0.5, 0.6) is 0 Å². The third kappa shape index (κ3) is 39.6. The maximum atomic E-state index is 12.5. The van der Waals surface area contributed by atoms with Gasteiger partial charge in [0.2, 0.25) is 0 Å². The summed E-state index contributed by atoms with van der Waals surface area (Å²) in [5.74, 6) is -0.869. The molecule has 1 atom stereocenters. The second-order valence-electron chi connectivity index (χ2n) is 15.7. The first kappa shape index (κ1) is 50.4. The van der Waals surface area contributed by atoms with E-state index >= 15 is 0 Å². The number of carbonyl (C=O) groups excluding carboxylic acids is 3. The number of esters is 3. The monoisotopic (exact) mass is 737 g/mol. The summed E-state index contributed by atoms with van der Waals surface area (Å²) in [4.78, 5) is 37.4. The third-order valence-corrected chi connectivity index (χ3v) is 10.4. The van der Waals surface area contributed by atoms with E-state index in [-0.39, 0.29) is 31.1 Å². The second kappa shape index (κ2) is 42.2. The number of hydrogen-bond acceptors (Lipinski definition) is 6. The van der Waals surface area contributed by atoms with E-state index < -0.39 is 6.10 Å². The van der Waals surface area contributed by atoms with Gasteiger partial charge in [-0.05, 0) is 19.3 Å². The fraction of sp³-hybridized carbons (Fsp3) is 0.935. The van der Waals surface area contributed by atoms with Gasteiger partial charge in [0, 0.05) is 19.3 Å². The van der Waals surface area contributed by atoms with Crippen molar-refractivity contribution in [1.82, 2.24) is 0 Å². The van der Waals surface area contributed by atoms with Gasteiger partial charge in [0.25, 0.3) is 0 Å². The number of carbonyl (C=O) groups is 3. The molecule has 0 rings (SSSR count). The lowest BCUT2D eigenvalue weighted by molar-refractivity contribution is -0.167. The predicted molar refractivity (Wildman–Crippen MR) is 220 cm³/mol. The summed E-state index contributed by atoms with van der Waals surface area (Å²) in [6, 6.07) is 0. The molecule has 308 valence electrons. The third-order valence-electron chi connectivity index (χ3n) is 10.4. The van der Waals surface area contributed by atoms with Crippen molar-refractivity contribution in [3.63, 3.8) is 0 Å². The Hall–Kier alpha value is -1.59. The molecule has 0 heterocycles. The van der Waals surface area contributed by atoms with Crippen molar-refractivity contribution >= 4 is 17.9 Å². The lowest BCUT2D eigenvalue weighted by atomic mass is 10.0. The molecule has 0 aliphatic heterocycles. The first-order valence-corrected chi connectivity index (χ1v) is 23.0. The zero-order chi connectivity index (χ0) is 38.0. The molecule has 0 radical (unpaired) electrons. The van der Waals surface area contributed by atoms with Gasteiger partial charge in [-0.3, -0.25) is 14.4 Å². The van der Waals surface area contributed by atoms with E-state index in [1.54, 1.807) is 0 Å². The average molecular weight is 737 g/mol. The lowest BCUT2D eigenvalue weighted by Gasteiger charge is -2.18. The SMILES string of the molecule is CCCCCCCCCCCCCCCCCCCCCC(=O)OC[C@@H](COC(=O)CCCCCCCCCCCC)OC(=O)CCCCCCC. The minimum absolute atomic E-state index is 0.0644. The molecule has 0 unspecified atom stereocenters. The van der Waals surface area contributed by atoms with Gasteiger partial charge in [-0.25, -0.2) is 0 Å². The molecule has 0 spiro atoms. The molecule has 52 heavy (non-hydrogen) atoms. The Morgan fingerprint density at radius 2 is 0.519 bits per heavy atom. The van der Waals surface area contributed by atoms with Crippen LogP contribution in [0.15, 0.2) is 0 Å². The van der Waals surface area contributed by atoms with Crippen molar-refractivity contribution in [2.24, 2.45) is 0 Å². The molecule has 0 saturated carbocycles. The van der Waals surface area contributed by atoms with Gasteiger partial charge in [-0.15, -0.1) is 0 Å². The van der Waals surface area contributed by atoms with Crippen LogP contribution >= 0.6 is 0 Å². The van der Waals surface area contributed by atoms with Crippen LogP contribution < -0.4 is 0 Å². The number of rotatable bonds is 42. The van der Waals surface area contributed by atoms with Gasteiger partial charge in [0.15, 0.2) is 6.10 Å². The average Bonchev–Trinajstić information content (AvgIpc) is 3.14. The molecule has 6 heteroatoms. The van der Waals surface area contributed by atoms with Crippen molar-refractivity contribution < 1.29 is 28.6 Å². The van der Waals surface area contributed by atoms with Crippen LogP contribution in [0.4, 0.5) is 0 Å². The second-order valence-corrected chi connectivity index (χ2v) is 15.7. The summed E-state index contributed by atoms with van der Waals surface area (Å²) in [7, 11) is 0. The largest absolute Gasteiger partial charge is 0.462 e. The van der Waals surface area contributed by atoms with Crippen LogP contribution in [0.2, 0.25) is 0 Å². The number of ether oxygens (including phenoxy) is 3. The zero-order valence-corrected chi connectivity index (χ0v) is 35.1. The smallest absolute Gasteiger partial charge is 0.306 e. The standard InChI is InChI=1S/C46H88O6/c1-4-7-10-13-15-17-19-20-21-22-23-24-25-26-27-29-31-34-36-39-45(48)51-42-43(52-46(49)40-37-32-12-9-6-3)41-50-44(47)38-35-33-30-28-18-16-14-11-8-5-2/h43H,4-42H2,1-3H3/t43-/m1/s1. The van der Waals surface area contributed by atoms with Crippen molar-refractivity contribution in [2.45, 2.75) is 264 Å². The summed E-state index contributed by atoms with van der Waals surface area (Å²) in [5, 5.41) is 0. The summed E-state index contributed by atoms with van der Waals surface area (Å²) < 4.78 is 16.6. The normalized spacial score (nSPS) is 11.8. The highest BCUT2D eigenvalue weighted by molar-refractivity contribution is 5.71. The fourth-order valence-electron chi connectivity index (χ4n) is 6.85. The highest BCUT2D eigenvalue weighted by Gasteiger charge is 2.19. The minimum Gasteiger partial charge on any atom is -0.462 e. The van der Waals surface area contributed by atoms with Crippen molar-refractivity contribution in [1.29, 1.82) is 0 Å². The van der Waals surface area contributed by atoms with E-state index in [0.29, 0.717) is 19.3 Å². The molecule has 0 aliphatic carbocycles. The van der Waals surface area contributed by atoms with Gasteiger partial charge < -0.3 is 14.2 Å². The Morgan fingerprint density at radius 3 is 0.769 bits per heavy atom. The van der Waals surface area contributed by atoms with Crippen LogP contribution in [0.25, 0.3) is 0 Å². The zero-order valence-electron chi connectivity index (χ0n) is 35.1. The molecule has 0 fully saturated rings. The molecule has 0 bridgehead atoms. The molecule has 0 amide bonds. The van der Waals surface area contributed by atoms with E-state index in [9.17, 15) is 14.4 Å². The summed E-state index contributed by atoms with van der Waals surface area (Å²) >= 11 is 0. The van der Waals surface area contributed by atoms with E-state index in [2.05, 4.69) is 20.8 Å². The molecule has 0 aliphatic rings. The molecular weight excluding hydrogens is 649 g/mol. The van der Waals surface area contributed by atoms with E-state index in [1.807, 2.05) is 0 Å². The van der Waals surface area contributed by atoms with Gasteiger partial charge >= 0.3 is 17.9 Å². The van der Waals surface area contributed by atoms with E-state index in [1.165, 1.54) is 154 Å². The molecule has 0 aromatic heterocycles. The highest BCUT2D eigenvalue weighted by atomic mass is 16.6. The molecule has 0 aromatic rings. The lowest BCUT2D eigenvalue weighted by Crippen LogP contribution is -2.30. The molecule has 0 aromatic carbocycles. The maximum Gasteiger partial charge on any atom is 0.306 e. The van der Waals surface area contributed by atoms with E-state index in [0.717, 1.165) is 64.2 Å². The van der Waals surface area contributed by atoms with Gasteiger partial charge in [0.1, 0.15) is 13.2 Å². The fourth-order valence-corrected chi connectivity index (χ4v) is 6.85. The van der Waals surface area contributed by atoms with Gasteiger partial charge in [-0.2, -0.15) is 0 Å². The van der Waals surface area contributed by atoms with Crippen LogP contribution in [0.1, 0.15) is 258 Å². The number of unbranched alkanes of at least 4 members (excludes halogenated alkanes) is 31. The van der Waals surface area contributed by atoms with Crippen molar-refractivity contribution in [3.05, 3.63) is 0 Å². The van der Waals surface area contributed by atoms with Crippen LogP contribution in [-0.4, -0.2) is 37.2 Å². The number of hydrogen-bond donors (Lipinski definition) is 0. The predicted octanol–water partition coefficient (Wildman–Crippen LogP) is 14.5. The Morgan fingerprint density at radius 1 is 0.308 bits per heavy atom. The molecule has 6 nitrogen and oxygen atoms in total. The summed E-state index contributed by atoms with van der Waals surface area (Å²) in [6.45, 7) is 6.56. The van der Waals surface area contributed by atoms with Crippen molar-refractivity contribution in [3.8, 4) is 0 Å². The van der Waals surface area contributed by atoms with Gasteiger partial charge in [0.05, 0.1) is 0 Å². The van der Waals surface area contributed by atoms with Crippen LogP contribution in [0, 0.1) is 0 Å². The molecule has 0 saturated heterocycles. The Bertz CT molecular complexity index is 768. The minimum atomic E-state index is -0.756. The molecule has 0 N–H and O–H groups in total. The highest BCUT2D eigenvalue weighted by Crippen LogP contribution is 2.16. The van der Waals surface area contributed by atoms with E-state index in [4.69, 9.17) is 14.2 Å². The van der Waals surface area contributed by atoms with Gasteiger partial charge in [-0.1, -0.05) is 220 Å². The van der Waals surface area contributed by atoms with Crippen LogP contribution in [0.3, 0.4) is 0 Å². The molecular formula is C46H88O6. The first-order valence-electron chi connectivity index (χ1n) is 23.0. The quantitative estimate of drug-likeness (QED) is 0.0353. The first-order chi connectivity index (χ1) is 25.5. The topological polar surface area (TPSA) is 78.9 Å². The summed E-state index contributed by atoms with van der Waals surface area (Å²) in [5.41, 5.74) is 0.